The highest BCUT2D eigenvalue weighted by molar-refractivity contribution is 5.86. The summed E-state index contributed by atoms with van der Waals surface area (Å²) < 4.78 is 5.93. The van der Waals surface area contributed by atoms with Crippen LogP contribution in [0, 0.1) is 0 Å². The second kappa shape index (κ2) is 8.87. The second-order valence-electron chi connectivity index (χ2n) is 4.68. The second-order valence-corrected chi connectivity index (χ2v) is 4.68. The van der Waals surface area contributed by atoms with E-state index in [0.29, 0.717) is 0 Å². The van der Waals surface area contributed by atoms with E-state index < -0.39 is 35.7 Å². The summed E-state index contributed by atoms with van der Waals surface area (Å²) in [5.74, 6) is -3.36. The van der Waals surface area contributed by atoms with Crippen molar-refractivity contribution in [1.82, 2.24) is 4.74 Å². The highest BCUT2D eigenvalue weighted by atomic mass is 35.5. The molecule has 10 heteroatoms. The van der Waals surface area contributed by atoms with Crippen molar-refractivity contribution in [1.29, 1.82) is 0 Å². The highest BCUT2D eigenvalue weighted by Crippen LogP contribution is 2.10. The standard InChI is InChI=1S/C14H14N2O6.ClH.H2O/c15-10(13(18)19)6-9-11(14(20)21)22-16(12(9)17)7-8-4-2-1-3-5-8;;/h1-5,10H,6-7,15H2,(H,18,19)(H,20,21);1H;1H2. The lowest BCUT2D eigenvalue weighted by molar-refractivity contribution is -0.138. The number of carbonyl (C=O) groups is 2. The molecular formula is C14H17ClN2O7. The molecule has 6 N–H and O–H groups in total. The minimum absolute atomic E-state index is 0. The number of benzene rings is 1. The molecule has 1 heterocycles. The number of carboxylic acids is 2. The Balaban J connectivity index is 0.00000264. The van der Waals surface area contributed by atoms with Gasteiger partial charge in [-0.15, -0.1) is 12.4 Å². The number of hydrogen-bond acceptors (Lipinski definition) is 5. The van der Waals surface area contributed by atoms with Crippen LogP contribution in [-0.4, -0.2) is 38.4 Å². The Morgan fingerprint density at radius 3 is 2.29 bits per heavy atom. The number of nitrogens with two attached hydrogens (primary N) is 1. The number of aromatic nitrogens is 1. The fourth-order valence-corrected chi connectivity index (χ4v) is 1.96. The fourth-order valence-electron chi connectivity index (χ4n) is 1.96. The van der Waals surface area contributed by atoms with Crippen LogP contribution in [0.15, 0.2) is 39.6 Å². The van der Waals surface area contributed by atoms with Gasteiger partial charge in [-0.2, -0.15) is 4.74 Å². The lowest BCUT2D eigenvalue weighted by Crippen LogP contribution is -2.34. The van der Waals surface area contributed by atoms with Crippen molar-refractivity contribution in [2.75, 3.05) is 0 Å². The number of aliphatic carboxylic acids is 1. The third-order valence-corrected chi connectivity index (χ3v) is 3.06. The normalized spacial score (nSPS) is 11.0. The predicted octanol–water partition coefficient (Wildman–Crippen LogP) is -0.261. The summed E-state index contributed by atoms with van der Waals surface area (Å²) in [7, 11) is 0. The Morgan fingerprint density at radius 1 is 1.21 bits per heavy atom. The van der Waals surface area contributed by atoms with Crippen molar-refractivity contribution in [2.45, 2.75) is 19.0 Å². The van der Waals surface area contributed by atoms with Crippen LogP contribution in [0.5, 0.6) is 0 Å². The molecule has 2 aromatic rings. The zero-order valence-electron chi connectivity index (χ0n) is 12.3. The maximum Gasteiger partial charge on any atom is 0.375 e. The third kappa shape index (κ3) is 4.69. The van der Waals surface area contributed by atoms with Gasteiger partial charge in [-0.1, -0.05) is 30.3 Å². The van der Waals surface area contributed by atoms with Gasteiger partial charge >= 0.3 is 11.9 Å². The zero-order valence-corrected chi connectivity index (χ0v) is 13.2. The van der Waals surface area contributed by atoms with Crippen LogP contribution in [0.25, 0.3) is 0 Å². The van der Waals surface area contributed by atoms with Crippen molar-refractivity contribution in [3.8, 4) is 0 Å². The molecule has 1 unspecified atom stereocenters. The molecule has 0 saturated carbocycles. The molecule has 0 fully saturated rings. The first-order valence-corrected chi connectivity index (χ1v) is 6.38. The molecule has 2 rings (SSSR count). The molecule has 24 heavy (non-hydrogen) atoms. The van der Waals surface area contributed by atoms with Gasteiger partial charge in [-0.3, -0.25) is 9.59 Å². The molecule has 0 aliphatic heterocycles. The van der Waals surface area contributed by atoms with Crippen LogP contribution < -0.4 is 11.3 Å². The minimum Gasteiger partial charge on any atom is -0.480 e. The van der Waals surface area contributed by atoms with Gasteiger partial charge in [0.1, 0.15) is 6.04 Å². The Bertz CT molecular complexity index is 754. The van der Waals surface area contributed by atoms with Crippen molar-refractivity contribution in [3.05, 3.63) is 57.6 Å². The van der Waals surface area contributed by atoms with Gasteiger partial charge < -0.3 is 25.9 Å². The third-order valence-electron chi connectivity index (χ3n) is 3.06. The van der Waals surface area contributed by atoms with Gasteiger partial charge in [0, 0.05) is 6.42 Å². The monoisotopic (exact) mass is 360 g/mol. The van der Waals surface area contributed by atoms with Crippen molar-refractivity contribution in [2.24, 2.45) is 5.73 Å². The average molecular weight is 361 g/mol. The molecule has 132 valence electrons. The average Bonchev–Trinajstić information content (AvgIpc) is 2.77. The molecule has 9 nitrogen and oxygen atoms in total. The first kappa shape index (κ1) is 21.4. The first-order chi connectivity index (χ1) is 10.4. The number of hydrogen-bond donors (Lipinski definition) is 3. The van der Waals surface area contributed by atoms with Crippen molar-refractivity contribution in [3.63, 3.8) is 0 Å². The van der Waals surface area contributed by atoms with E-state index in [0.717, 1.165) is 10.3 Å². The molecule has 0 aliphatic carbocycles. The predicted molar refractivity (Wildman–Crippen MR) is 85.6 cm³/mol. The number of aromatic carboxylic acids is 1. The lowest BCUT2D eigenvalue weighted by atomic mass is 10.1. The largest absolute Gasteiger partial charge is 0.480 e. The summed E-state index contributed by atoms with van der Waals surface area (Å²) in [4.78, 5) is 34.2. The summed E-state index contributed by atoms with van der Waals surface area (Å²) in [5.41, 5.74) is 5.16. The van der Waals surface area contributed by atoms with E-state index in [9.17, 15) is 14.4 Å². The smallest absolute Gasteiger partial charge is 0.375 e. The van der Waals surface area contributed by atoms with E-state index in [1.807, 2.05) is 0 Å². The van der Waals surface area contributed by atoms with E-state index in [2.05, 4.69) is 0 Å². The van der Waals surface area contributed by atoms with Crippen LogP contribution in [0.3, 0.4) is 0 Å². The highest BCUT2D eigenvalue weighted by Gasteiger charge is 2.26. The first-order valence-electron chi connectivity index (χ1n) is 6.38. The van der Waals surface area contributed by atoms with Crippen molar-refractivity contribution < 1.29 is 29.8 Å². The molecule has 1 aromatic heterocycles. The Labute approximate surface area is 142 Å². The number of nitrogens with zero attached hydrogens (tertiary/aromatic N) is 1. The van der Waals surface area contributed by atoms with E-state index >= 15 is 0 Å². The van der Waals surface area contributed by atoms with Gasteiger partial charge in [0.25, 0.3) is 5.56 Å². The topological polar surface area (TPSA) is 167 Å². The maximum absolute atomic E-state index is 12.2. The van der Waals surface area contributed by atoms with Crippen LogP contribution in [0.4, 0.5) is 0 Å². The van der Waals surface area contributed by atoms with Gasteiger partial charge in [0.2, 0.25) is 5.76 Å². The fraction of sp³-hybridized carbons (Fsp3) is 0.214. The van der Waals surface area contributed by atoms with Gasteiger partial charge in [-0.25, -0.2) is 4.79 Å². The Hall–Kier alpha value is -2.62. The summed E-state index contributed by atoms with van der Waals surface area (Å²) in [6.45, 7) is 0.0439. The maximum atomic E-state index is 12.2. The summed E-state index contributed by atoms with van der Waals surface area (Å²) in [6.07, 6.45) is -0.416. The molecule has 0 spiro atoms. The quantitative estimate of drug-likeness (QED) is 0.637. The van der Waals surface area contributed by atoms with Gasteiger partial charge in [-0.05, 0) is 5.56 Å². The Kier molecular flexibility index (Phi) is 7.90. The minimum atomic E-state index is -1.45. The molecular weight excluding hydrogens is 344 g/mol. The molecule has 1 aromatic carbocycles. The zero-order chi connectivity index (χ0) is 16.3. The molecule has 0 bridgehead atoms. The van der Waals surface area contributed by atoms with E-state index in [1.54, 1.807) is 30.3 Å². The SMILES string of the molecule is Cl.NC(Cc1c(C(=O)O)on(Cc2ccccc2)c1=O)C(=O)O.O. The molecule has 0 aliphatic rings. The van der Waals surface area contributed by atoms with Gasteiger partial charge in [0.15, 0.2) is 0 Å². The summed E-state index contributed by atoms with van der Waals surface area (Å²) in [5, 5.41) is 17.9. The molecule has 0 amide bonds. The number of rotatable bonds is 6. The number of halogens is 1. The van der Waals surface area contributed by atoms with Crippen LogP contribution in [0.2, 0.25) is 0 Å². The Morgan fingerprint density at radius 2 is 1.79 bits per heavy atom. The van der Waals surface area contributed by atoms with Crippen LogP contribution in [0.1, 0.15) is 21.7 Å². The summed E-state index contributed by atoms with van der Waals surface area (Å²) in [6, 6.07) is 7.45. The molecule has 0 radical (unpaired) electrons. The van der Waals surface area contributed by atoms with Crippen molar-refractivity contribution >= 4 is 24.3 Å². The number of carboxylic acid groups (broad SMARTS) is 2. The van der Waals surface area contributed by atoms with Crippen LogP contribution >= 0.6 is 12.4 Å². The van der Waals surface area contributed by atoms with E-state index in [-0.39, 0.29) is 30.0 Å². The van der Waals surface area contributed by atoms with Gasteiger partial charge in [0.05, 0.1) is 12.1 Å². The molecule has 0 saturated heterocycles. The van der Waals surface area contributed by atoms with Crippen LogP contribution in [-0.2, 0) is 17.8 Å². The van der Waals surface area contributed by atoms with E-state index in [4.69, 9.17) is 20.5 Å². The summed E-state index contributed by atoms with van der Waals surface area (Å²) >= 11 is 0. The van der Waals surface area contributed by atoms with E-state index in [1.165, 1.54) is 0 Å². The molecule has 1 atom stereocenters. The lowest BCUT2D eigenvalue weighted by Gasteiger charge is -2.02.